The number of hydrogen-bond donors (Lipinski definition) is 1. The Hall–Kier alpha value is -5.24. The number of fused-ring (bicyclic) bond motifs is 1. The van der Waals surface area contributed by atoms with Gasteiger partial charge in [0.15, 0.2) is 5.58 Å². The largest absolute Gasteiger partial charge is 0.489 e. The lowest BCUT2D eigenvalue weighted by atomic mass is 10.1. The number of ether oxygens (including phenoxy) is 1. The van der Waals surface area contributed by atoms with Gasteiger partial charge in [-0.3, -0.25) is 14.9 Å². The van der Waals surface area contributed by atoms with Crippen molar-refractivity contribution in [3.8, 4) is 17.2 Å². The van der Waals surface area contributed by atoms with E-state index < -0.39 is 4.92 Å². The summed E-state index contributed by atoms with van der Waals surface area (Å²) in [5.74, 6) is 0.660. The number of non-ortho nitro benzene ring substituents is 1. The van der Waals surface area contributed by atoms with Gasteiger partial charge in [0.25, 0.3) is 5.69 Å². The molecule has 0 aliphatic carbocycles. The zero-order chi connectivity index (χ0) is 25.6. The average Bonchev–Trinajstić information content (AvgIpc) is 3.35. The van der Waals surface area contributed by atoms with Crippen molar-refractivity contribution in [3.63, 3.8) is 0 Å². The fraction of sp³-hybridized carbons (Fsp3) is 0.0345. The highest BCUT2D eigenvalue weighted by molar-refractivity contribution is 6.04. The van der Waals surface area contributed by atoms with Crippen molar-refractivity contribution in [1.82, 2.24) is 4.98 Å². The summed E-state index contributed by atoms with van der Waals surface area (Å²) in [4.78, 5) is 27.6. The topological polar surface area (TPSA) is 108 Å². The van der Waals surface area contributed by atoms with Crippen LogP contribution in [-0.2, 0) is 11.4 Å². The SMILES string of the molecule is O=C(C=Cc1ccc(OCc2ccccc2)cc1)Nc1ccccc1-c1nc2cc([N+](=O)[O-])ccc2o1. The molecule has 0 saturated carbocycles. The van der Waals surface area contributed by atoms with Gasteiger partial charge < -0.3 is 14.5 Å². The molecule has 1 N–H and O–H groups in total. The number of hydrogen-bond acceptors (Lipinski definition) is 6. The molecular weight excluding hydrogens is 470 g/mol. The summed E-state index contributed by atoms with van der Waals surface area (Å²) >= 11 is 0. The number of nitrogens with zero attached hydrogens (tertiary/aromatic N) is 2. The van der Waals surface area contributed by atoms with Crippen molar-refractivity contribution in [2.45, 2.75) is 6.61 Å². The molecule has 0 aliphatic rings. The van der Waals surface area contributed by atoms with Gasteiger partial charge in [-0.15, -0.1) is 0 Å². The van der Waals surface area contributed by atoms with E-state index in [2.05, 4.69) is 10.3 Å². The van der Waals surface area contributed by atoms with Crippen LogP contribution in [0.4, 0.5) is 11.4 Å². The predicted molar refractivity (Wildman–Crippen MR) is 141 cm³/mol. The van der Waals surface area contributed by atoms with E-state index in [0.29, 0.717) is 29.0 Å². The number of anilines is 1. The van der Waals surface area contributed by atoms with E-state index >= 15 is 0 Å². The fourth-order valence-electron chi connectivity index (χ4n) is 3.69. The van der Waals surface area contributed by atoms with Crippen molar-refractivity contribution >= 4 is 34.5 Å². The van der Waals surface area contributed by atoms with Gasteiger partial charge in [-0.1, -0.05) is 54.6 Å². The van der Waals surface area contributed by atoms with Crippen LogP contribution in [0.25, 0.3) is 28.6 Å². The Morgan fingerprint density at radius 3 is 2.51 bits per heavy atom. The van der Waals surface area contributed by atoms with Crippen LogP contribution in [0.3, 0.4) is 0 Å². The standard InChI is InChI=1S/C29H21N3O5/c33-28(17-12-20-10-14-23(15-11-20)36-19-21-6-2-1-3-7-21)30-25-9-5-4-8-24(25)29-31-26-18-22(32(34)35)13-16-27(26)37-29/h1-18H,19H2,(H,30,33). The molecule has 0 atom stereocenters. The zero-order valence-corrected chi connectivity index (χ0v) is 19.5. The van der Waals surface area contributed by atoms with Gasteiger partial charge >= 0.3 is 0 Å². The summed E-state index contributed by atoms with van der Waals surface area (Å²) in [7, 11) is 0. The van der Waals surface area contributed by atoms with E-state index in [1.165, 1.54) is 24.3 Å². The van der Waals surface area contributed by atoms with Gasteiger partial charge in [0.2, 0.25) is 11.8 Å². The molecule has 0 aliphatic heterocycles. The number of rotatable bonds is 8. The third-order valence-corrected chi connectivity index (χ3v) is 5.55. The van der Waals surface area contributed by atoms with Crippen LogP contribution in [-0.4, -0.2) is 15.8 Å². The first kappa shape index (κ1) is 23.5. The van der Waals surface area contributed by atoms with Crippen molar-refractivity contribution in [2.75, 3.05) is 5.32 Å². The van der Waals surface area contributed by atoms with Gasteiger partial charge in [-0.2, -0.15) is 0 Å². The Kier molecular flexibility index (Phi) is 6.72. The third-order valence-electron chi connectivity index (χ3n) is 5.55. The monoisotopic (exact) mass is 491 g/mol. The summed E-state index contributed by atoms with van der Waals surface area (Å²) in [6.45, 7) is 0.481. The van der Waals surface area contributed by atoms with Crippen LogP contribution < -0.4 is 10.1 Å². The summed E-state index contributed by atoms with van der Waals surface area (Å²) in [6, 6.07) is 28.6. The number of amides is 1. The first-order valence-corrected chi connectivity index (χ1v) is 11.5. The lowest BCUT2D eigenvalue weighted by molar-refractivity contribution is -0.384. The summed E-state index contributed by atoms with van der Waals surface area (Å²) < 4.78 is 11.6. The number of para-hydroxylation sites is 1. The number of nitrogens with one attached hydrogen (secondary N) is 1. The van der Waals surface area contributed by atoms with Crippen LogP contribution in [0.2, 0.25) is 0 Å². The lowest BCUT2D eigenvalue weighted by Gasteiger charge is -2.07. The zero-order valence-electron chi connectivity index (χ0n) is 19.5. The molecule has 8 nitrogen and oxygen atoms in total. The van der Waals surface area contributed by atoms with Gasteiger partial charge in [0.1, 0.15) is 17.9 Å². The maximum atomic E-state index is 12.6. The molecule has 5 aromatic rings. The van der Waals surface area contributed by atoms with Crippen LogP contribution in [0.15, 0.2) is 108 Å². The van der Waals surface area contributed by atoms with E-state index in [1.807, 2.05) is 54.6 Å². The van der Waals surface area contributed by atoms with Crippen molar-refractivity contribution < 1.29 is 18.9 Å². The molecule has 1 heterocycles. The smallest absolute Gasteiger partial charge is 0.271 e. The Morgan fingerprint density at radius 1 is 0.973 bits per heavy atom. The average molecular weight is 492 g/mol. The van der Waals surface area contributed by atoms with Crippen molar-refractivity contribution in [2.24, 2.45) is 0 Å². The molecule has 0 unspecified atom stereocenters. The number of benzene rings is 4. The number of nitro groups is 1. The van der Waals surface area contributed by atoms with Gasteiger partial charge in [-0.25, -0.2) is 4.98 Å². The molecule has 1 amide bonds. The van der Waals surface area contributed by atoms with E-state index in [-0.39, 0.29) is 17.5 Å². The highest BCUT2D eigenvalue weighted by atomic mass is 16.6. The van der Waals surface area contributed by atoms with Gasteiger partial charge in [-0.05, 0) is 47.5 Å². The summed E-state index contributed by atoms with van der Waals surface area (Å²) in [6.07, 6.45) is 3.14. The number of carbonyl (C=O) groups excluding carboxylic acids is 1. The van der Waals surface area contributed by atoms with E-state index in [1.54, 1.807) is 30.3 Å². The van der Waals surface area contributed by atoms with Crippen LogP contribution in [0.1, 0.15) is 11.1 Å². The Balaban J connectivity index is 1.25. The van der Waals surface area contributed by atoms with Crippen LogP contribution in [0.5, 0.6) is 5.75 Å². The minimum absolute atomic E-state index is 0.0742. The Labute approximate surface area is 212 Å². The number of carbonyl (C=O) groups is 1. The van der Waals surface area contributed by atoms with Gasteiger partial charge in [0.05, 0.1) is 16.2 Å². The van der Waals surface area contributed by atoms with Crippen LogP contribution in [0, 0.1) is 10.1 Å². The number of nitro benzene ring substituents is 1. The molecule has 1 aromatic heterocycles. The molecule has 182 valence electrons. The minimum Gasteiger partial charge on any atom is -0.489 e. The first-order chi connectivity index (χ1) is 18.0. The quantitative estimate of drug-likeness (QED) is 0.148. The minimum atomic E-state index is -0.487. The fourth-order valence-corrected chi connectivity index (χ4v) is 3.69. The number of oxazole rings is 1. The molecule has 8 heteroatoms. The maximum Gasteiger partial charge on any atom is 0.271 e. The maximum absolute atomic E-state index is 12.6. The molecule has 0 fully saturated rings. The van der Waals surface area contributed by atoms with Crippen LogP contribution >= 0.6 is 0 Å². The highest BCUT2D eigenvalue weighted by Gasteiger charge is 2.15. The molecule has 0 spiro atoms. The van der Waals surface area contributed by atoms with E-state index in [9.17, 15) is 14.9 Å². The predicted octanol–water partition coefficient (Wildman–Crippen LogP) is 6.63. The second-order valence-electron chi connectivity index (χ2n) is 8.14. The summed E-state index contributed by atoms with van der Waals surface area (Å²) in [5, 5.41) is 13.9. The second-order valence-corrected chi connectivity index (χ2v) is 8.14. The third kappa shape index (κ3) is 5.71. The Morgan fingerprint density at radius 2 is 1.73 bits per heavy atom. The lowest BCUT2D eigenvalue weighted by Crippen LogP contribution is -2.08. The van der Waals surface area contributed by atoms with Gasteiger partial charge in [0, 0.05) is 18.2 Å². The molecule has 0 radical (unpaired) electrons. The highest BCUT2D eigenvalue weighted by Crippen LogP contribution is 2.31. The summed E-state index contributed by atoms with van der Waals surface area (Å²) in [5.41, 5.74) is 3.69. The Bertz CT molecular complexity index is 1590. The molecule has 4 aromatic carbocycles. The van der Waals surface area contributed by atoms with E-state index in [0.717, 1.165) is 16.9 Å². The first-order valence-electron chi connectivity index (χ1n) is 11.5. The van der Waals surface area contributed by atoms with E-state index in [4.69, 9.17) is 9.15 Å². The molecule has 0 saturated heterocycles. The second kappa shape index (κ2) is 10.6. The molecular formula is C29H21N3O5. The molecule has 0 bridgehead atoms. The molecule has 37 heavy (non-hydrogen) atoms. The van der Waals surface area contributed by atoms with Crippen molar-refractivity contribution in [3.05, 3.63) is 124 Å². The molecule has 5 rings (SSSR count). The number of aromatic nitrogens is 1. The normalized spacial score (nSPS) is 11.0. The van der Waals surface area contributed by atoms with Crippen molar-refractivity contribution in [1.29, 1.82) is 0 Å².